The molecule has 0 saturated heterocycles. The average Bonchev–Trinajstić information content (AvgIpc) is 2.44. The summed E-state index contributed by atoms with van der Waals surface area (Å²) >= 11 is 3.49. The van der Waals surface area contributed by atoms with E-state index >= 15 is 0 Å². The summed E-state index contributed by atoms with van der Waals surface area (Å²) in [6.45, 7) is 5.93. The van der Waals surface area contributed by atoms with E-state index in [9.17, 15) is 0 Å². The number of hydrogen-bond acceptors (Lipinski definition) is 3. The van der Waals surface area contributed by atoms with E-state index < -0.39 is 0 Å². The van der Waals surface area contributed by atoms with E-state index in [0.29, 0.717) is 0 Å². The molecule has 0 amide bonds. The Hall–Kier alpha value is -1.39. The van der Waals surface area contributed by atoms with Gasteiger partial charge in [0.2, 0.25) is 0 Å². The Bertz CT molecular complexity index is 566. The van der Waals surface area contributed by atoms with E-state index in [2.05, 4.69) is 75.3 Å². The molecule has 0 aliphatic carbocycles. The van der Waals surface area contributed by atoms with Crippen LogP contribution < -0.4 is 10.2 Å². The highest BCUT2D eigenvalue weighted by atomic mass is 79.9. The van der Waals surface area contributed by atoms with Crippen LogP contribution in [-0.4, -0.2) is 18.6 Å². The van der Waals surface area contributed by atoms with Crippen molar-refractivity contribution in [2.24, 2.45) is 0 Å². The summed E-state index contributed by atoms with van der Waals surface area (Å²) in [5, 5.41) is 3.20. The zero-order valence-electron chi connectivity index (χ0n) is 12.2. The summed E-state index contributed by atoms with van der Waals surface area (Å²) in [6.07, 6.45) is 1.85. The van der Waals surface area contributed by atoms with E-state index in [0.717, 1.165) is 23.4 Å². The van der Waals surface area contributed by atoms with E-state index in [1.54, 1.807) is 0 Å². The molecule has 0 bridgehead atoms. The highest BCUT2D eigenvalue weighted by Crippen LogP contribution is 2.28. The number of aromatic nitrogens is 1. The number of rotatable bonds is 5. The van der Waals surface area contributed by atoms with Gasteiger partial charge >= 0.3 is 0 Å². The Kier molecular flexibility index (Phi) is 5.15. The third-order valence-corrected chi connectivity index (χ3v) is 3.63. The first kappa shape index (κ1) is 15.0. The quantitative estimate of drug-likeness (QED) is 0.895. The normalized spacial score (nSPS) is 10.6. The summed E-state index contributed by atoms with van der Waals surface area (Å²) in [4.78, 5) is 6.84. The molecular formula is C16H20BrN3. The minimum absolute atomic E-state index is 0.796. The van der Waals surface area contributed by atoms with Crippen molar-refractivity contribution >= 4 is 27.4 Å². The molecule has 2 aromatic rings. The third kappa shape index (κ3) is 3.38. The van der Waals surface area contributed by atoms with Crippen molar-refractivity contribution < 1.29 is 0 Å². The van der Waals surface area contributed by atoms with Crippen LogP contribution in [0.15, 0.2) is 41.0 Å². The second-order valence-corrected chi connectivity index (χ2v) is 5.66. The van der Waals surface area contributed by atoms with Crippen LogP contribution in [0.4, 0.5) is 11.5 Å². The molecule has 0 fully saturated rings. The van der Waals surface area contributed by atoms with Crippen LogP contribution in [0.2, 0.25) is 0 Å². The fraction of sp³-hybridized carbons (Fsp3) is 0.312. The Balaban J connectivity index is 2.43. The van der Waals surface area contributed by atoms with Gasteiger partial charge in [-0.05, 0) is 55.0 Å². The molecule has 0 atom stereocenters. The van der Waals surface area contributed by atoms with Crippen molar-refractivity contribution in [1.29, 1.82) is 0 Å². The van der Waals surface area contributed by atoms with Crippen LogP contribution in [0.25, 0.3) is 0 Å². The van der Waals surface area contributed by atoms with Gasteiger partial charge in [-0.25, -0.2) is 4.98 Å². The molecule has 0 spiro atoms. The van der Waals surface area contributed by atoms with Gasteiger partial charge in [0.1, 0.15) is 5.82 Å². The molecule has 3 nitrogen and oxygen atoms in total. The lowest BCUT2D eigenvalue weighted by atomic mass is 10.2. The molecule has 0 aliphatic rings. The molecule has 0 aliphatic heterocycles. The van der Waals surface area contributed by atoms with Crippen LogP contribution in [0, 0.1) is 6.92 Å². The maximum absolute atomic E-state index is 4.61. The lowest BCUT2D eigenvalue weighted by Crippen LogP contribution is -2.20. The van der Waals surface area contributed by atoms with E-state index in [4.69, 9.17) is 0 Å². The first-order valence-electron chi connectivity index (χ1n) is 6.79. The highest BCUT2D eigenvalue weighted by Gasteiger charge is 2.13. The number of aryl methyl sites for hydroxylation is 1. The SMILES string of the molecule is CCN(c1ccc(C)cc1)c1ncc(Br)cc1CNC. The molecule has 1 N–H and O–H groups in total. The zero-order chi connectivity index (χ0) is 14.5. The molecule has 0 radical (unpaired) electrons. The smallest absolute Gasteiger partial charge is 0.137 e. The van der Waals surface area contributed by atoms with E-state index in [1.807, 2.05) is 13.2 Å². The lowest BCUT2D eigenvalue weighted by molar-refractivity contribution is 0.805. The summed E-state index contributed by atoms with van der Waals surface area (Å²) in [5.74, 6) is 1.01. The Labute approximate surface area is 129 Å². The molecular weight excluding hydrogens is 314 g/mol. The standard InChI is InChI=1S/C16H20BrN3/c1-4-20(15-7-5-12(2)6-8-15)16-13(10-18-3)9-14(17)11-19-16/h5-9,11,18H,4,10H2,1-3H3. The van der Waals surface area contributed by atoms with Gasteiger partial charge in [0, 0.05) is 35.0 Å². The largest absolute Gasteiger partial charge is 0.326 e. The van der Waals surface area contributed by atoms with Gasteiger partial charge < -0.3 is 10.2 Å². The zero-order valence-corrected chi connectivity index (χ0v) is 13.7. The minimum atomic E-state index is 0.796. The topological polar surface area (TPSA) is 28.2 Å². The van der Waals surface area contributed by atoms with E-state index in [1.165, 1.54) is 16.8 Å². The average molecular weight is 334 g/mol. The predicted molar refractivity (Wildman–Crippen MR) is 88.6 cm³/mol. The van der Waals surface area contributed by atoms with Crippen molar-refractivity contribution in [2.45, 2.75) is 20.4 Å². The number of halogens is 1. The highest BCUT2D eigenvalue weighted by molar-refractivity contribution is 9.10. The second-order valence-electron chi connectivity index (χ2n) is 4.75. The summed E-state index contributed by atoms with van der Waals surface area (Å²) in [6, 6.07) is 10.7. The Morgan fingerprint density at radius 2 is 1.95 bits per heavy atom. The molecule has 0 saturated carbocycles. The second kappa shape index (κ2) is 6.86. The number of nitrogens with zero attached hydrogens (tertiary/aromatic N) is 2. The van der Waals surface area contributed by atoms with Crippen LogP contribution in [-0.2, 0) is 6.54 Å². The van der Waals surface area contributed by atoms with Gasteiger partial charge in [0.25, 0.3) is 0 Å². The van der Waals surface area contributed by atoms with Crippen LogP contribution >= 0.6 is 15.9 Å². The molecule has 0 unspecified atom stereocenters. The predicted octanol–water partition coefficient (Wildman–Crippen LogP) is 4.03. The number of anilines is 2. The fourth-order valence-corrected chi connectivity index (χ4v) is 2.60. The Morgan fingerprint density at radius 3 is 2.55 bits per heavy atom. The Morgan fingerprint density at radius 1 is 1.25 bits per heavy atom. The van der Waals surface area contributed by atoms with Crippen LogP contribution in [0.3, 0.4) is 0 Å². The molecule has 1 aromatic heterocycles. The third-order valence-electron chi connectivity index (χ3n) is 3.19. The maximum Gasteiger partial charge on any atom is 0.137 e. The first-order valence-corrected chi connectivity index (χ1v) is 7.58. The van der Waals surface area contributed by atoms with Gasteiger partial charge in [-0.1, -0.05) is 17.7 Å². The fourth-order valence-electron chi connectivity index (χ4n) is 2.22. The monoisotopic (exact) mass is 333 g/mol. The van der Waals surface area contributed by atoms with Crippen LogP contribution in [0.1, 0.15) is 18.1 Å². The molecule has 1 aromatic carbocycles. The summed E-state index contributed by atoms with van der Waals surface area (Å²) in [7, 11) is 1.95. The maximum atomic E-state index is 4.61. The molecule has 1 heterocycles. The first-order chi connectivity index (χ1) is 9.65. The molecule has 106 valence electrons. The van der Waals surface area contributed by atoms with Gasteiger partial charge in [-0.2, -0.15) is 0 Å². The molecule has 20 heavy (non-hydrogen) atoms. The van der Waals surface area contributed by atoms with Gasteiger partial charge in [0.15, 0.2) is 0 Å². The van der Waals surface area contributed by atoms with Gasteiger partial charge in [-0.15, -0.1) is 0 Å². The van der Waals surface area contributed by atoms with Gasteiger partial charge in [0.05, 0.1) is 0 Å². The molecule has 4 heteroatoms. The summed E-state index contributed by atoms with van der Waals surface area (Å²) in [5.41, 5.74) is 3.62. The van der Waals surface area contributed by atoms with Crippen molar-refractivity contribution in [1.82, 2.24) is 10.3 Å². The number of hydrogen-bond donors (Lipinski definition) is 1. The van der Waals surface area contributed by atoms with E-state index in [-0.39, 0.29) is 0 Å². The number of nitrogens with one attached hydrogen (secondary N) is 1. The molecule has 2 rings (SSSR count). The van der Waals surface area contributed by atoms with Crippen molar-refractivity contribution in [3.63, 3.8) is 0 Å². The number of pyridine rings is 1. The summed E-state index contributed by atoms with van der Waals surface area (Å²) < 4.78 is 1.01. The number of benzene rings is 1. The van der Waals surface area contributed by atoms with Crippen molar-refractivity contribution in [3.05, 3.63) is 52.1 Å². The minimum Gasteiger partial charge on any atom is -0.326 e. The van der Waals surface area contributed by atoms with Crippen LogP contribution in [0.5, 0.6) is 0 Å². The van der Waals surface area contributed by atoms with Gasteiger partial charge in [-0.3, -0.25) is 0 Å². The lowest BCUT2D eigenvalue weighted by Gasteiger charge is -2.25. The van der Waals surface area contributed by atoms with Crippen molar-refractivity contribution in [3.8, 4) is 0 Å². The van der Waals surface area contributed by atoms with Crippen molar-refractivity contribution in [2.75, 3.05) is 18.5 Å².